The molecule has 0 radical (unpaired) electrons. The van der Waals surface area contributed by atoms with Gasteiger partial charge in [0.1, 0.15) is 6.42 Å². The maximum Gasteiger partial charge on any atom is 0.315 e. The van der Waals surface area contributed by atoms with Gasteiger partial charge in [-0.25, -0.2) is 0 Å². The largest absolute Gasteiger partial charge is 0.469 e. The van der Waals surface area contributed by atoms with Gasteiger partial charge < -0.3 is 20.1 Å². The Morgan fingerprint density at radius 3 is 2.96 bits per heavy atom. The Hall–Kier alpha value is -2.38. The number of rotatable bonds is 5. The van der Waals surface area contributed by atoms with Gasteiger partial charge >= 0.3 is 5.97 Å². The van der Waals surface area contributed by atoms with Crippen LogP contribution >= 0.6 is 11.6 Å². The zero-order valence-corrected chi connectivity index (χ0v) is 16.0. The van der Waals surface area contributed by atoms with Crippen LogP contribution in [0.4, 0.5) is 11.4 Å². The van der Waals surface area contributed by atoms with Gasteiger partial charge in [0.25, 0.3) is 0 Å². The molecular formula is C19H22ClN3O4. The summed E-state index contributed by atoms with van der Waals surface area (Å²) in [6, 6.07) is 5.60. The van der Waals surface area contributed by atoms with Gasteiger partial charge in [0, 0.05) is 23.1 Å². The summed E-state index contributed by atoms with van der Waals surface area (Å²) in [7, 11) is 1.24. The highest BCUT2D eigenvalue weighted by molar-refractivity contribution is 6.31. The molecule has 1 aromatic carbocycles. The quantitative estimate of drug-likeness (QED) is 0.600. The van der Waals surface area contributed by atoms with E-state index in [2.05, 4.69) is 20.4 Å². The molecule has 0 saturated carbocycles. The molecule has 1 aromatic heterocycles. The maximum atomic E-state index is 12.2. The topological polar surface area (TPSA) is 89.6 Å². The predicted molar refractivity (Wildman–Crippen MR) is 104 cm³/mol. The summed E-state index contributed by atoms with van der Waals surface area (Å²) < 4.78 is 10.2. The molecule has 1 fully saturated rings. The maximum absolute atomic E-state index is 12.2. The van der Waals surface area contributed by atoms with Gasteiger partial charge in [-0.2, -0.15) is 0 Å². The van der Waals surface area contributed by atoms with Crippen LogP contribution in [0.5, 0.6) is 0 Å². The summed E-state index contributed by atoms with van der Waals surface area (Å²) in [5.74, 6) is -1.06. The fourth-order valence-corrected chi connectivity index (χ4v) is 3.32. The normalized spacial score (nSPS) is 19.5. The van der Waals surface area contributed by atoms with Crippen molar-refractivity contribution in [1.82, 2.24) is 4.98 Å². The SMILES string of the molecule is COC(=O)CC(=O)Nc1cnc2ccc(Cl)cc2c1N[C@@H]1CCO[C@H](C)C1. The van der Waals surface area contributed by atoms with E-state index in [1.807, 2.05) is 19.1 Å². The average molecular weight is 392 g/mol. The molecule has 3 rings (SSSR count). The first-order chi connectivity index (χ1) is 13.0. The molecule has 0 spiro atoms. The Bertz CT molecular complexity index is 858. The lowest BCUT2D eigenvalue weighted by Crippen LogP contribution is -2.33. The molecule has 0 aliphatic carbocycles. The minimum absolute atomic E-state index is 0.158. The van der Waals surface area contributed by atoms with Crippen LogP contribution in [0.25, 0.3) is 10.9 Å². The number of esters is 1. The summed E-state index contributed by atoms with van der Waals surface area (Å²) in [4.78, 5) is 27.9. The van der Waals surface area contributed by atoms with E-state index >= 15 is 0 Å². The molecule has 1 aliphatic rings. The van der Waals surface area contributed by atoms with Crippen LogP contribution in [0, 0.1) is 0 Å². The second kappa shape index (κ2) is 8.54. The fourth-order valence-electron chi connectivity index (χ4n) is 3.15. The molecular weight excluding hydrogens is 370 g/mol. The lowest BCUT2D eigenvalue weighted by atomic mass is 10.0. The van der Waals surface area contributed by atoms with Crippen LogP contribution in [0.1, 0.15) is 26.2 Å². The van der Waals surface area contributed by atoms with Crippen LogP contribution in [0.3, 0.4) is 0 Å². The number of methoxy groups -OCH3 is 1. The van der Waals surface area contributed by atoms with Crippen LogP contribution in [0.2, 0.25) is 5.02 Å². The Labute approximate surface area is 162 Å². The minimum atomic E-state index is -0.600. The van der Waals surface area contributed by atoms with Gasteiger partial charge in [-0.1, -0.05) is 11.6 Å². The van der Waals surface area contributed by atoms with Gasteiger partial charge in [0.2, 0.25) is 5.91 Å². The second-order valence-electron chi connectivity index (χ2n) is 6.56. The van der Waals surface area contributed by atoms with E-state index in [9.17, 15) is 9.59 Å². The van der Waals surface area contributed by atoms with Crippen molar-refractivity contribution in [3.8, 4) is 0 Å². The Morgan fingerprint density at radius 1 is 1.41 bits per heavy atom. The van der Waals surface area contributed by atoms with Crippen LogP contribution in [0.15, 0.2) is 24.4 Å². The van der Waals surface area contributed by atoms with Crippen molar-refractivity contribution in [3.63, 3.8) is 0 Å². The van der Waals surface area contributed by atoms with Gasteiger partial charge in [0.05, 0.1) is 36.3 Å². The number of hydrogen-bond donors (Lipinski definition) is 2. The third-order valence-electron chi connectivity index (χ3n) is 4.47. The van der Waals surface area contributed by atoms with E-state index < -0.39 is 11.9 Å². The van der Waals surface area contributed by atoms with E-state index in [1.165, 1.54) is 7.11 Å². The molecule has 2 N–H and O–H groups in total. The summed E-state index contributed by atoms with van der Waals surface area (Å²) in [5.41, 5.74) is 1.99. The number of hydrogen-bond acceptors (Lipinski definition) is 6. The summed E-state index contributed by atoms with van der Waals surface area (Å²) >= 11 is 6.18. The van der Waals surface area contributed by atoms with Gasteiger partial charge in [-0.05, 0) is 38.0 Å². The second-order valence-corrected chi connectivity index (χ2v) is 6.99. The van der Waals surface area contributed by atoms with Crippen molar-refractivity contribution in [1.29, 1.82) is 0 Å². The number of pyridine rings is 1. The summed E-state index contributed by atoms with van der Waals surface area (Å²) in [6.07, 6.45) is 3.07. The minimum Gasteiger partial charge on any atom is -0.469 e. The highest BCUT2D eigenvalue weighted by atomic mass is 35.5. The smallest absolute Gasteiger partial charge is 0.315 e. The molecule has 0 bridgehead atoms. The Morgan fingerprint density at radius 2 is 2.22 bits per heavy atom. The van der Waals surface area contributed by atoms with E-state index in [1.54, 1.807) is 12.3 Å². The number of fused-ring (bicyclic) bond motifs is 1. The first kappa shape index (κ1) is 19.4. The van der Waals surface area contributed by atoms with Gasteiger partial charge in [-0.3, -0.25) is 14.6 Å². The molecule has 1 saturated heterocycles. The predicted octanol–water partition coefficient (Wildman–Crippen LogP) is 3.37. The van der Waals surface area contributed by atoms with E-state index in [-0.39, 0.29) is 18.6 Å². The lowest BCUT2D eigenvalue weighted by Gasteiger charge is -2.30. The Kier molecular flexibility index (Phi) is 6.13. The van der Waals surface area contributed by atoms with Crippen molar-refractivity contribution in [2.24, 2.45) is 0 Å². The van der Waals surface area contributed by atoms with Gasteiger partial charge in [0.15, 0.2) is 0 Å². The summed E-state index contributed by atoms with van der Waals surface area (Å²) in [5, 5.41) is 7.64. The van der Waals surface area contributed by atoms with E-state index in [0.717, 1.165) is 29.4 Å². The number of benzene rings is 1. The third-order valence-corrected chi connectivity index (χ3v) is 4.71. The van der Waals surface area contributed by atoms with Crippen LogP contribution in [-0.2, 0) is 19.1 Å². The summed E-state index contributed by atoms with van der Waals surface area (Å²) in [6.45, 7) is 2.71. The zero-order valence-electron chi connectivity index (χ0n) is 15.3. The molecule has 144 valence electrons. The van der Waals surface area contributed by atoms with Crippen LogP contribution < -0.4 is 10.6 Å². The number of aromatic nitrogens is 1. The van der Waals surface area contributed by atoms with Crippen molar-refractivity contribution >= 4 is 45.8 Å². The molecule has 0 unspecified atom stereocenters. The van der Waals surface area contributed by atoms with Crippen molar-refractivity contribution in [3.05, 3.63) is 29.4 Å². The average Bonchev–Trinajstić information content (AvgIpc) is 2.63. The molecule has 1 aliphatic heterocycles. The fraction of sp³-hybridized carbons (Fsp3) is 0.421. The number of ether oxygens (including phenoxy) is 2. The lowest BCUT2D eigenvalue weighted by molar-refractivity contribution is -0.142. The van der Waals surface area contributed by atoms with Crippen molar-refractivity contribution < 1.29 is 19.1 Å². The molecule has 7 nitrogen and oxygen atoms in total. The van der Waals surface area contributed by atoms with E-state index in [4.69, 9.17) is 16.3 Å². The first-order valence-corrected chi connectivity index (χ1v) is 9.17. The molecule has 8 heteroatoms. The van der Waals surface area contributed by atoms with Crippen molar-refractivity contribution in [2.45, 2.75) is 38.3 Å². The zero-order chi connectivity index (χ0) is 19.4. The third kappa shape index (κ3) is 4.87. The number of nitrogens with zero attached hydrogens (tertiary/aromatic N) is 1. The van der Waals surface area contributed by atoms with Crippen molar-refractivity contribution in [2.75, 3.05) is 24.4 Å². The monoisotopic (exact) mass is 391 g/mol. The number of amides is 1. The number of carbonyl (C=O) groups is 2. The highest BCUT2D eigenvalue weighted by Crippen LogP contribution is 2.33. The molecule has 1 amide bonds. The number of carbonyl (C=O) groups excluding carboxylic acids is 2. The highest BCUT2D eigenvalue weighted by Gasteiger charge is 2.22. The first-order valence-electron chi connectivity index (χ1n) is 8.79. The molecule has 2 aromatic rings. The standard InChI is InChI=1S/C19H22ClN3O4/c1-11-7-13(5-6-27-11)22-19-14-8-12(20)3-4-15(14)21-10-16(19)23-17(24)9-18(25)26-2/h3-4,8,10-11,13H,5-7,9H2,1-2H3,(H,21,22)(H,23,24)/t11-,13-/m1/s1. The molecule has 27 heavy (non-hydrogen) atoms. The molecule has 2 atom stereocenters. The number of halogens is 1. The Balaban J connectivity index is 1.94. The molecule has 2 heterocycles. The van der Waals surface area contributed by atoms with E-state index in [0.29, 0.717) is 17.3 Å². The number of anilines is 2. The van der Waals surface area contributed by atoms with Crippen LogP contribution in [-0.4, -0.2) is 42.7 Å². The number of nitrogens with one attached hydrogen (secondary N) is 2. The van der Waals surface area contributed by atoms with Gasteiger partial charge in [-0.15, -0.1) is 0 Å².